The van der Waals surface area contributed by atoms with E-state index in [-0.39, 0.29) is 12.2 Å². The molecular formula is C33H43F2N9O2SSi. The van der Waals surface area contributed by atoms with Crippen LogP contribution in [0.5, 0.6) is 0 Å². The first-order valence-electron chi connectivity index (χ1n) is 16.0. The zero-order chi connectivity index (χ0) is 34.6. The Morgan fingerprint density at radius 3 is 2.69 bits per heavy atom. The minimum atomic E-state index is -1.29. The summed E-state index contributed by atoms with van der Waals surface area (Å²) in [5.41, 5.74) is 3.63. The Balaban J connectivity index is 1.42. The number of aryl methyl sites for hydroxylation is 1. The summed E-state index contributed by atoms with van der Waals surface area (Å²) in [4.78, 5) is 26.7. The Hall–Kier alpha value is -4.05. The Labute approximate surface area is 284 Å². The molecule has 0 atom stereocenters. The number of carbonyl (C=O) groups is 1. The number of ether oxygens (including phenoxy) is 1. The number of nitrogens with zero attached hydrogens (tertiary/aromatic N) is 8. The maximum atomic E-state index is 14.1. The van der Waals surface area contributed by atoms with E-state index in [1.807, 2.05) is 22.4 Å². The zero-order valence-electron chi connectivity index (χ0n) is 28.5. The lowest BCUT2D eigenvalue weighted by Gasteiger charge is -2.24. The minimum absolute atomic E-state index is 0.193. The molecule has 11 nitrogen and oxygen atoms in total. The van der Waals surface area contributed by atoms with Crippen LogP contribution in [0.4, 0.5) is 25.3 Å². The van der Waals surface area contributed by atoms with E-state index in [1.165, 1.54) is 28.3 Å². The van der Waals surface area contributed by atoms with Gasteiger partial charge in [0.2, 0.25) is 5.91 Å². The molecule has 0 spiro atoms. The van der Waals surface area contributed by atoms with Crippen molar-refractivity contribution in [3.05, 3.63) is 72.1 Å². The third-order valence-electron chi connectivity index (χ3n) is 7.84. The van der Waals surface area contributed by atoms with Gasteiger partial charge in [-0.25, -0.2) is 18.7 Å². The Kier molecular flexibility index (Phi) is 11.0. The highest BCUT2D eigenvalue weighted by Crippen LogP contribution is 2.33. The van der Waals surface area contributed by atoms with Crippen molar-refractivity contribution in [1.82, 2.24) is 33.4 Å². The van der Waals surface area contributed by atoms with Crippen molar-refractivity contribution in [2.75, 3.05) is 30.1 Å². The average molecular weight is 696 g/mol. The summed E-state index contributed by atoms with van der Waals surface area (Å²) in [7, 11) is -1.29. The van der Waals surface area contributed by atoms with Gasteiger partial charge in [-0.3, -0.25) is 23.7 Å². The summed E-state index contributed by atoms with van der Waals surface area (Å²) in [6.45, 7) is 17.9. The third kappa shape index (κ3) is 8.50. The lowest BCUT2D eigenvalue weighted by atomic mass is 10.3. The van der Waals surface area contributed by atoms with Gasteiger partial charge in [-0.2, -0.15) is 9.47 Å². The predicted octanol–water partition coefficient (Wildman–Crippen LogP) is 6.96. The second kappa shape index (κ2) is 15.0. The first kappa shape index (κ1) is 35.3. The van der Waals surface area contributed by atoms with Gasteiger partial charge < -0.3 is 10.1 Å². The quantitative estimate of drug-likeness (QED) is 0.0713. The number of aromatic nitrogens is 6. The van der Waals surface area contributed by atoms with Crippen molar-refractivity contribution in [1.29, 1.82) is 0 Å². The first-order valence-corrected chi connectivity index (χ1v) is 20.5. The molecule has 48 heavy (non-hydrogen) atoms. The van der Waals surface area contributed by atoms with E-state index in [2.05, 4.69) is 61.8 Å². The van der Waals surface area contributed by atoms with Crippen LogP contribution in [0.2, 0.25) is 25.7 Å². The fourth-order valence-corrected chi connectivity index (χ4v) is 6.64. The minimum Gasteiger partial charge on any atom is -0.361 e. The molecule has 0 bridgehead atoms. The van der Waals surface area contributed by atoms with Crippen LogP contribution in [0, 0.1) is 18.6 Å². The van der Waals surface area contributed by atoms with Gasteiger partial charge in [-0.05, 0) is 63.1 Å². The van der Waals surface area contributed by atoms with Crippen LogP contribution >= 0.6 is 11.5 Å². The molecule has 0 saturated carbocycles. The monoisotopic (exact) mass is 695 g/mol. The zero-order valence-corrected chi connectivity index (χ0v) is 30.3. The molecule has 0 radical (unpaired) electrons. The molecule has 5 aromatic rings. The fourth-order valence-electron chi connectivity index (χ4n) is 5.14. The summed E-state index contributed by atoms with van der Waals surface area (Å²) in [6, 6.07) is 7.17. The van der Waals surface area contributed by atoms with E-state index in [4.69, 9.17) is 19.1 Å². The summed E-state index contributed by atoms with van der Waals surface area (Å²) in [5, 5.41) is 7.65. The van der Waals surface area contributed by atoms with E-state index < -0.39 is 25.6 Å². The maximum Gasteiger partial charge on any atom is 0.246 e. The lowest BCUT2D eigenvalue weighted by Crippen LogP contribution is -2.30. The highest BCUT2D eigenvalue weighted by molar-refractivity contribution is 7.10. The second-order valence-electron chi connectivity index (χ2n) is 13.2. The Morgan fingerprint density at radius 1 is 1.17 bits per heavy atom. The van der Waals surface area contributed by atoms with Gasteiger partial charge in [0.15, 0.2) is 23.1 Å². The van der Waals surface area contributed by atoms with Gasteiger partial charge in [0.05, 0.1) is 35.2 Å². The summed E-state index contributed by atoms with van der Waals surface area (Å²) >= 11 is 1.41. The molecule has 1 N–H and O–H groups in total. The topological polar surface area (TPSA) is 106 Å². The number of amides is 1. The number of imidazole rings is 1. The molecule has 0 fully saturated rings. The van der Waals surface area contributed by atoms with E-state index in [9.17, 15) is 13.6 Å². The van der Waals surface area contributed by atoms with Crippen molar-refractivity contribution in [3.63, 3.8) is 0 Å². The molecule has 0 aliphatic rings. The molecule has 15 heteroatoms. The van der Waals surface area contributed by atoms with Gasteiger partial charge in [0.25, 0.3) is 0 Å². The van der Waals surface area contributed by atoms with E-state index in [1.54, 1.807) is 18.6 Å². The highest BCUT2D eigenvalue weighted by atomic mass is 32.1. The molecular weight excluding hydrogens is 653 g/mol. The van der Waals surface area contributed by atoms with Gasteiger partial charge >= 0.3 is 0 Å². The van der Waals surface area contributed by atoms with Crippen LogP contribution in [-0.4, -0.2) is 73.3 Å². The molecule has 5 rings (SSSR count). The Bertz CT molecular complexity index is 1870. The number of nitrogens with one attached hydrogen (secondary N) is 1. The molecule has 1 amide bonds. The molecule has 4 aromatic heterocycles. The SMILES string of the molecule is CCN(Cc1cc(N(COCC[Si](C)(C)C)c2nc(C)cn3c(-c4cnn(CC(=O)Nc5cccc(F)c5F)c4)cnc23)sn1)C(C)C. The number of hydrogen-bond donors (Lipinski definition) is 1. The molecule has 256 valence electrons. The van der Waals surface area contributed by atoms with Crippen LogP contribution in [-0.2, 0) is 22.6 Å². The molecule has 0 unspecified atom stereocenters. The fraction of sp³-hybridized carbons (Fsp3) is 0.424. The van der Waals surface area contributed by atoms with Crippen LogP contribution < -0.4 is 10.2 Å². The highest BCUT2D eigenvalue weighted by Gasteiger charge is 2.23. The normalized spacial score (nSPS) is 12.1. The van der Waals surface area contributed by atoms with Crippen LogP contribution in [0.1, 0.15) is 32.2 Å². The van der Waals surface area contributed by atoms with Crippen LogP contribution in [0.25, 0.3) is 16.9 Å². The van der Waals surface area contributed by atoms with Crippen molar-refractivity contribution in [3.8, 4) is 11.3 Å². The van der Waals surface area contributed by atoms with Gasteiger partial charge in [-0.1, -0.05) is 32.6 Å². The first-order chi connectivity index (χ1) is 22.8. The molecule has 4 heterocycles. The van der Waals surface area contributed by atoms with Crippen molar-refractivity contribution >= 4 is 47.7 Å². The van der Waals surface area contributed by atoms with E-state index in [0.717, 1.165) is 52.8 Å². The lowest BCUT2D eigenvalue weighted by molar-refractivity contribution is -0.116. The number of anilines is 3. The number of benzene rings is 1. The van der Waals surface area contributed by atoms with Crippen molar-refractivity contribution in [2.45, 2.75) is 72.5 Å². The number of fused-ring (bicyclic) bond motifs is 1. The van der Waals surface area contributed by atoms with Gasteiger partial charge in [0.1, 0.15) is 18.3 Å². The molecule has 0 saturated heterocycles. The van der Waals surface area contributed by atoms with E-state index in [0.29, 0.717) is 30.8 Å². The maximum absolute atomic E-state index is 14.1. The molecule has 0 aliphatic heterocycles. The standard InChI is InChI=1S/C33H43F2N9O2SSi/c1-8-41(22(2)3)19-25-14-30(47-40-25)44(21-46-12-13-48(5,6)7)33-32-36-16-28(43(32)17-23(4)38-33)24-15-37-42(18-24)20-29(45)39-27-11-9-10-26(34)31(27)35/h9-11,14-18,22H,8,12-13,19-21H2,1-7H3,(H,39,45). The van der Waals surface area contributed by atoms with E-state index >= 15 is 0 Å². The number of hydrogen-bond acceptors (Lipinski definition) is 9. The third-order valence-corrected chi connectivity index (χ3v) is 10.4. The number of carbonyl (C=O) groups excluding carboxylic acids is 1. The van der Waals surface area contributed by atoms with Crippen molar-refractivity contribution < 1.29 is 18.3 Å². The van der Waals surface area contributed by atoms with Gasteiger partial charge in [0, 0.05) is 45.2 Å². The average Bonchev–Trinajstić information content (AvgIpc) is 3.77. The van der Waals surface area contributed by atoms with Crippen LogP contribution in [0.3, 0.4) is 0 Å². The number of rotatable bonds is 15. The van der Waals surface area contributed by atoms with Crippen molar-refractivity contribution in [2.24, 2.45) is 0 Å². The predicted molar refractivity (Wildman–Crippen MR) is 188 cm³/mol. The second-order valence-corrected chi connectivity index (χ2v) is 19.6. The largest absolute Gasteiger partial charge is 0.361 e. The molecule has 0 aliphatic carbocycles. The van der Waals surface area contributed by atoms with Gasteiger partial charge in [-0.15, -0.1) is 0 Å². The smallest absolute Gasteiger partial charge is 0.246 e. The summed E-state index contributed by atoms with van der Waals surface area (Å²) < 4.78 is 42.1. The van der Waals surface area contributed by atoms with Crippen LogP contribution in [0.15, 0.2) is 49.1 Å². The Morgan fingerprint density at radius 2 is 1.96 bits per heavy atom. The summed E-state index contributed by atoms with van der Waals surface area (Å²) in [5.74, 6) is -2.04. The summed E-state index contributed by atoms with van der Waals surface area (Å²) in [6.07, 6.45) is 6.99. The molecule has 1 aromatic carbocycles. The number of halogens is 2.